The molecule has 2 saturated heterocycles. The van der Waals surface area contributed by atoms with E-state index >= 15 is 0 Å². The minimum absolute atomic E-state index is 0.00375. The largest absolute Gasteiger partial charge is 0.495 e. The summed E-state index contributed by atoms with van der Waals surface area (Å²) >= 11 is 10.4. The van der Waals surface area contributed by atoms with Gasteiger partial charge in [-0.1, -0.05) is 84.6 Å². The zero-order chi connectivity index (χ0) is 61.8. The van der Waals surface area contributed by atoms with Crippen LogP contribution in [0.15, 0.2) is 58.6 Å². The van der Waals surface area contributed by atoms with E-state index in [1.54, 1.807) is 63.4 Å². The number of unbranched alkanes of at least 4 members (excludes halogenated alkanes) is 1. The molecule has 3 aliphatic heterocycles. The van der Waals surface area contributed by atoms with E-state index in [0.29, 0.717) is 53.6 Å². The molecule has 20 nitrogen and oxygen atoms in total. The lowest BCUT2D eigenvalue weighted by Crippen LogP contribution is -2.53. The molecule has 3 heterocycles. The first-order valence-corrected chi connectivity index (χ1v) is 30.2. The number of allylic oxidation sites excluding steroid dienone is 3. The van der Waals surface area contributed by atoms with Crippen LogP contribution < -0.4 is 31.3 Å². The number of benzene rings is 2. The predicted octanol–water partition coefficient (Wildman–Crippen LogP) is 9.34. The highest BCUT2D eigenvalue weighted by molar-refractivity contribution is 9.10. The van der Waals surface area contributed by atoms with Gasteiger partial charge in [0, 0.05) is 68.4 Å². The molecule has 6 N–H and O–H groups in total. The second kappa shape index (κ2) is 29.5. The Hall–Kier alpha value is -5.87. The number of primary amides is 1. The van der Waals surface area contributed by atoms with Crippen LogP contribution in [0.3, 0.4) is 0 Å². The van der Waals surface area contributed by atoms with E-state index in [0.717, 1.165) is 30.4 Å². The van der Waals surface area contributed by atoms with E-state index in [2.05, 4.69) is 31.9 Å². The maximum atomic E-state index is 14.5. The number of esters is 2. The third-order valence-corrected chi connectivity index (χ3v) is 17.8. The number of anilines is 2. The minimum Gasteiger partial charge on any atom is -0.495 e. The van der Waals surface area contributed by atoms with Gasteiger partial charge in [0.05, 0.1) is 43.7 Å². The van der Waals surface area contributed by atoms with Gasteiger partial charge in [-0.05, 0) is 120 Å². The number of Topliss-reactive ketones (excluding diaryl/α,β-unsaturated/α-hetero) is 2. The lowest BCUT2D eigenvalue weighted by molar-refractivity contribution is -0.187. The maximum absolute atomic E-state index is 14.5. The Morgan fingerprint density at radius 3 is 2.42 bits per heavy atom. The number of hydrogen-bond donors (Lipinski definition) is 5. The zero-order valence-electron chi connectivity index (χ0n) is 50.1. The lowest BCUT2D eigenvalue weighted by Gasteiger charge is -2.41. The van der Waals surface area contributed by atoms with Crippen LogP contribution in [0, 0.1) is 23.7 Å². The normalized spacial score (nSPS) is 25.5. The van der Waals surface area contributed by atoms with Crippen molar-refractivity contribution in [2.45, 2.75) is 192 Å². The summed E-state index contributed by atoms with van der Waals surface area (Å²) < 4.78 is 35.9. The quantitative estimate of drug-likeness (QED) is 0.0300. The predicted molar refractivity (Wildman–Crippen MR) is 319 cm³/mol. The van der Waals surface area contributed by atoms with Crippen molar-refractivity contribution in [2.75, 3.05) is 38.0 Å². The molecule has 4 aliphatic rings. The van der Waals surface area contributed by atoms with Crippen LogP contribution in [0.25, 0.3) is 0 Å². The summed E-state index contributed by atoms with van der Waals surface area (Å²) in [6.07, 6.45) is 5.48. The summed E-state index contributed by atoms with van der Waals surface area (Å²) in [7, 11) is 4.48. The molecule has 84 heavy (non-hydrogen) atoms. The molecule has 5 amide bonds. The number of methoxy groups -OCH3 is 2. The van der Waals surface area contributed by atoms with Crippen molar-refractivity contribution in [3.8, 4) is 5.75 Å². The highest BCUT2D eigenvalue weighted by Gasteiger charge is 2.64. The first-order valence-electron chi connectivity index (χ1n) is 29.0. The second-order valence-electron chi connectivity index (χ2n) is 24.2. The molecule has 0 radical (unpaired) electrons. The van der Waals surface area contributed by atoms with Crippen molar-refractivity contribution in [3.05, 3.63) is 74.8 Å². The molecule has 0 spiro atoms. The Morgan fingerprint density at radius 1 is 1.05 bits per heavy atom. The first kappa shape index (κ1) is 67.3. The minimum atomic E-state index is -1.64. The number of amides is 5. The molecular formula is C62H85BrClN5O15. The molecule has 1 aliphatic carbocycles. The Labute approximate surface area is 506 Å². The van der Waals surface area contributed by atoms with E-state index in [1.807, 2.05) is 40.7 Å². The van der Waals surface area contributed by atoms with Gasteiger partial charge in [0.1, 0.15) is 51.7 Å². The van der Waals surface area contributed by atoms with Gasteiger partial charge in [0.25, 0.3) is 0 Å². The summed E-state index contributed by atoms with van der Waals surface area (Å²) in [5.74, 6) is -3.40. The fourth-order valence-corrected chi connectivity index (χ4v) is 12.1. The molecule has 2 aromatic carbocycles. The fourth-order valence-electron chi connectivity index (χ4n) is 11.2. The topological polar surface area (TPSA) is 281 Å². The van der Waals surface area contributed by atoms with Crippen molar-refractivity contribution in [1.82, 2.24) is 10.6 Å². The fraction of sp³-hybridized carbons (Fsp3) is 0.613. The van der Waals surface area contributed by atoms with E-state index in [9.17, 15) is 43.5 Å². The number of ketones is 2. The van der Waals surface area contributed by atoms with Crippen molar-refractivity contribution in [1.29, 1.82) is 0 Å². The molecule has 22 heteroatoms. The third kappa shape index (κ3) is 18.1. The Morgan fingerprint density at radius 2 is 1.77 bits per heavy atom. The zero-order valence-corrected chi connectivity index (χ0v) is 52.4. The number of nitrogens with one attached hydrogen (secondary N) is 3. The van der Waals surface area contributed by atoms with Crippen LogP contribution in [0.4, 0.5) is 21.0 Å². The highest BCUT2D eigenvalue weighted by atomic mass is 79.9. The number of nitrogens with zero attached hydrogens (tertiary/aromatic N) is 1. The van der Waals surface area contributed by atoms with Gasteiger partial charge in [0.2, 0.25) is 11.8 Å². The van der Waals surface area contributed by atoms with Gasteiger partial charge >= 0.3 is 24.1 Å². The number of urea groups is 1. The molecule has 9 atom stereocenters. The van der Waals surface area contributed by atoms with E-state index in [4.69, 9.17) is 45.8 Å². The molecule has 6 rings (SSSR count). The molecule has 4 bridgehead atoms. The van der Waals surface area contributed by atoms with E-state index < -0.39 is 89.0 Å². The SMILES string of the molecule is COc1cc2cc(c1Cl)N(C)C(=O)C[C@H](OC(=O)Nc1ccc(CC(=O)[C@H](CCCNC(N)=O)NC(=O)[C@@H](CC(=O)CCCCC(C)(C)OC(=O)C3CCC3)C(C)C)c(Br)c1)[C@]1(C)O[C@H]1[C@H](C)[C@@H]1C[C@@](O)(CC(=O)O1)[C@H](OC)/C=C/C=C(\C)C2. The van der Waals surface area contributed by atoms with Gasteiger partial charge in [-0.2, -0.15) is 0 Å². The Bertz CT molecular complexity index is 2820. The second-order valence-corrected chi connectivity index (χ2v) is 25.4. The number of carbonyl (C=O) groups is 8. The summed E-state index contributed by atoms with van der Waals surface area (Å²) in [5.41, 5.74) is 4.51. The highest BCUT2D eigenvalue weighted by Crippen LogP contribution is 2.50. The van der Waals surface area contributed by atoms with Gasteiger partial charge < -0.3 is 54.8 Å². The monoisotopic (exact) mass is 1250 g/mol. The van der Waals surface area contributed by atoms with Gasteiger partial charge in [-0.25, -0.2) is 9.59 Å². The average Bonchev–Trinajstić information content (AvgIpc) is 2.29. The van der Waals surface area contributed by atoms with E-state index in [-0.39, 0.29) is 91.6 Å². The number of fused-ring (bicyclic) bond motifs is 5. The number of hydrogen-bond acceptors (Lipinski definition) is 15. The Kier molecular flexibility index (Phi) is 23.6. The van der Waals surface area contributed by atoms with Crippen molar-refractivity contribution in [2.24, 2.45) is 29.4 Å². The molecule has 462 valence electrons. The molecular weight excluding hydrogens is 1170 g/mol. The van der Waals surface area contributed by atoms with E-state index in [1.165, 1.54) is 19.1 Å². The maximum Gasteiger partial charge on any atom is 0.412 e. The summed E-state index contributed by atoms with van der Waals surface area (Å²) in [5, 5.41) is 20.4. The molecule has 2 aromatic rings. The Balaban J connectivity index is 1.15. The van der Waals surface area contributed by atoms with Crippen LogP contribution in [-0.4, -0.2) is 128 Å². The van der Waals surface area contributed by atoms with Crippen LogP contribution in [-0.2, 0) is 65.3 Å². The number of carbonyl (C=O) groups excluding carboxylic acids is 8. The van der Waals surface area contributed by atoms with Crippen LogP contribution in [0.2, 0.25) is 5.02 Å². The smallest absolute Gasteiger partial charge is 0.412 e. The number of ether oxygens (including phenoxy) is 6. The molecule has 0 unspecified atom stereocenters. The number of halogens is 2. The average molecular weight is 1260 g/mol. The van der Waals surface area contributed by atoms with Crippen molar-refractivity contribution >= 4 is 86.3 Å². The van der Waals surface area contributed by atoms with Crippen LogP contribution in [0.1, 0.15) is 143 Å². The van der Waals surface area contributed by atoms with Gasteiger partial charge in [-0.3, -0.25) is 34.1 Å². The standard InChI is InChI=1S/C62H85BrClN5O15/c1-35(2)43(31-42(70)19-11-12-24-60(5,6)84-57(75)39-17-14-18-39)56(74)68-45(20-15-25-66-58(65)76)47(71)29-40-22-23-41(30-44(40)63)67-59(77)82-51-32-52(72)69(8)46-27-38(28-48(79-9)54(46)64)26-36(3)16-13-21-50(80-10)62(78)33-49(81-53(73)34-62)37(4)55-61(51,7)83-55/h13,16,21-23,27-28,30,35,37,39,43,45,49-51,55,78H,11-12,14-15,17-20,24-26,29,31-34H2,1-10H3,(H,67,77)(H,68,74)(H3,65,66,76)/b21-13+,36-16+/t37-,43+,45+,49+,50-,51+,55+,61+,62-/m1/s1. The lowest BCUT2D eigenvalue weighted by atomic mass is 9.78. The summed E-state index contributed by atoms with van der Waals surface area (Å²) in [6, 6.07) is 6.58. The van der Waals surface area contributed by atoms with Crippen LogP contribution in [0.5, 0.6) is 5.75 Å². The van der Waals surface area contributed by atoms with Crippen molar-refractivity contribution < 1.29 is 71.9 Å². The molecule has 3 fully saturated rings. The number of aliphatic hydroxyl groups is 1. The molecule has 0 aromatic heterocycles. The number of nitrogens with two attached hydrogens (primary N) is 1. The first-order chi connectivity index (χ1) is 39.6. The summed E-state index contributed by atoms with van der Waals surface area (Å²) in [6.45, 7) is 13.0. The number of rotatable bonds is 23. The summed E-state index contributed by atoms with van der Waals surface area (Å²) in [4.78, 5) is 108. The van der Waals surface area contributed by atoms with Gasteiger partial charge in [0.15, 0.2) is 5.78 Å². The van der Waals surface area contributed by atoms with Gasteiger partial charge in [-0.15, -0.1) is 0 Å². The van der Waals surface area contributed by atoms with Crippen molar-refractivity contribution in [3.63, 3.8) is 0 Å². The third-order valence-electron chi connectivity index (χ3n) is 16.7. The molecule has 1 saturated carbocycles. The van der Waals surface area contributed by atoms with Crippen LogP contribution >= 0.6 is 27.5 Å². The number of epoxide rings is 1.